The van der Waals surface area contributed by atoms with Crippen molar-refractivity contribution in [3.8, 4) is 5.75 Å². The SMILES string of the molecule is CN(C)C1(CNC(=O)c2ccc(N)c(O)c2)CCCC1. The Morgan fingerprint density at radius 2 is 2.05 bits per heavy atom. The Morgan fingerprint density at radius 1 is 1.40 bits per heavy atom. The number of nitrogen functional groups attached to an aromatic ring is 1. The van der Waals surface area contributed by atoms with E-state index in [1.807, 2.05) is 0 Å². The first-order valence-electron chi connectivity index (χ1n) is 6.99. The van der Waals surface area contributed by atoms with Gasteiger partial charge in [-0.05, 0) is 45.1 Å². The summed E-state index contributed by atoms with van der Waals surface area (Å²) in [5, 5.41) is 12.5. The largest absolute Gasteiger partial charge is 0.506 e. The lowest BCUT2D eigenvalue weighted by Crippen LogP contribution is -2.50. The molecule has 1 aliphatic carbocycles. The van der Waals surface area contributed by atoms with Crippen molar-refractivity contribution in [2.24, 2.45) is 0 Å². The van der Waals surface area contributed by atoms with Crippen LogP contribution in [0.25, 0.3) is 0 Å². The first-order valence-corrected chi connectivity index (χ1v) is 6.99. The third-order valence-corrected chi connectivity index (χ3v) is 4.35. The molecule has 4 N–H and O–H groups in total. The third-order valence-electron chi connectivity index (χ3n) is 4.35. The summed E-state index contributed by atoms with van der Waals surface area (Å²) in [5.41, 5.74) is 6.31. The molecule has 5 heteroatoms. The number of carbonyl (C=O) groups is 1. The van der Waals surface area contributed by atoms with E-state index in [4.69, 9.17) is 5.73 Å². The second kappa shape index (κ2) is 5.71. The minimum atomic E-state index is -0.173. The lowest BCUT2D eigenvalue weighted by molar-refractivity contribution is 0.0899. The highest BCUT2D eigenvalue weighted by Crippen LogP contribution is 2.33. The van der Waals surface area contributed by atoms with Crippen molar-refractivity contribution < 1.29 is 9.90 Å². The number of hydrogen-bond acceptors (Lipinski definition) is 4. The summed E-state index contributed by atoms with van der Waals surface area (Å²) in [6.07, 6.45) is 4.62. The van der Waals surface area contributed by atoms with E-state index in [0.717, 1.165) is 12.8 Å². The molecule has 0 bridgehead atoms. The fourth-order valence-electron chi connectivity index (χ4n) is 2.85. The second-order valence-electron chi connectivity index (χ2n) is 5.78. The van der Waals surface area contributed by atoms with Crippen LogP contribution in [0.15, 0.2) is 18.2 Å². The van der Waals surface area contributed by atoms with E-state index in [1.165, 1.54) is 18.9 Å². The minimum Gasteiger partial charge on any atom is -0.506 e. The monoisotopic (exact) mass is 277 g/mol. The van der Waals surface area contributed by atoms with Crippen LogP contribution in [0.5, 0.6) is 5.75 Å². The highest BCUT2D eigenvalue weighted by atomic mass is 16.3. The molecule has 0 unspecified atom stereocenters. The van der Waals surface area contributed by atoms with E-state index in [0.29, 0.717) is 12.1 Å². The maximum Gasteiger partial charge on any atom is 0.251 e. The first kappa shape index (κ1) is 14.7. The highest BCUT2D eigenvalue weighted by Gasteiger charge is 2.36. The lowest BCUT2D eigenvalue weighted by Gasteiger charge is -2.36. The number of phenols is 1. The standard InChI is InChI=1S/C15H23N3O2/c1-18(2)15(7-3-4-8-15)10-17-14(20)11-5-6-12(16)13(19)9-11/h5-6,9,19H,3-4,7-8,10,16H2,1-2H3,(H,17,20). The fraction of sp³-hybridized carbons (Fsp3) is 0.533. The number of aromatic hydroxyl groups is 1. The number of rotatable bonds is 4. The number of amides is 1. The number of phenolic OH excluding ortho intramolecular Hbond substituents is 1. The van der Waals surface area contributed by atoms with Crippen molar-refractivity contribution in [3.05, 3.63) is 23.8 Å². The molecule has 5 nitrogen and oxygen atoms in total. The molecule has 0 saturated heterocycles. The Bertz CT molecular complexity index is 494. The van der Waals surface area contributed by atoms with Crippen molar-refractivity contribution in [1.82, 2.24) is 10.2 Å². The lowest BCUT2D eigenvalue weighted by atomic mass is 9.96. The van der Waals surface area contributed by atoms with Crippen LogP contribution in [0.2, 0.25) is 0 Å². The van der Waals surface area contributed by atoms with Gasteiger partial charge in [-0.2, -0.15) is 0 Å². The molecule has 1 fully saturated rings. The van der Waals surface area contributed by atoms with Gasteiger partial charge in [0, 0.05) is 17.6 Å². The van der Waals surface area contributed by atoms with Crippen LogP contribution in [-0.2, 0) is 0 Å². The smallest absolute Gasteiger partial charge is 0.251 e. The quantitative estimate of drug-likeness (QED) is 0.577. The van der Waals surface area contributed by atoms with Gasteiger partial charge in [-0.15, -0.1) is 0 Å². The van der Waals surface area contributed by atoms with Crippen molar-refractivity contribution in [3.63, 3.8) is 0 Å². The number of hydrogen-bond donors (Lipinski definition) is 3. The fourth-order valence-corrected chi connectivity index (χ4v) is 2.85. The molecule has 0 aromatic heterocycles. The molecule has 0 aliphatic heterocycles. The van der Waals surface area contributed by atoms with E-state index < -0.39 is 0 Å². The molecule has 1 amide bonds. The van der Waals surface area contributed by atoms with Crippen molar-refractivity contribution in [2.45, 2.75) is 31.2 Å². The topological polar surface area (TPSA) is 78.6 Å². The van der Waals surface area contributed by atoms with Gasteiger partial charge >= 0.3 is 0 Å². The van der Waals surface area contributed by atoms with E-state index >= 15 is 0 Å². The van der Waals surface area contributed by atoms with E-state index in [-0.39, 0.29) is 22.9 Å². The Hall–Kier alpha value is -1.75. The van der Waals surface area contributed by atoms with Gasteiger partial charge in [-0.1, -0.05) is 12.8 Å². The van der Waals surface area contributed by atoms with Crippen molar-refractivity contribution in [2.75, 3.05) is 26.4 Å². The van der Waals surface area contributed by atoms with E-state index in [1.54, 1.807) is 12.1 Å². The van der Waals surface area contributed by atoms with E-state index in [9.17, 15) is 9.90 Å². The molecule has 0 radical (unpaired) electrons. The molecule has 1 aliphatic rings. The second-order valence-corrected chi connectivity index (χ2v) is 5.78. The Labute approximate surface area is 119 Å². The van der Waals surface area contributed by atoms with Gasteiger partial charge in [0.25, 0.3) is 5.91 Å². The average Bonchev–Trinajstić information content (AvgIpc) is 2.89. The maximum atomic E-state index is 12.1. The van der Waals surface area contributed by atoms with Gasteiger partial charge in [0.1, 0.15) is 5.75 Å². The van der Waals surface area contributed by atoms with Gasteiger partial charge in [-0.3, -0.25) is 4.79 Å². The zero-order chi connectivity index (χ0) is 14.8. The van der Waals surface area contributed by atoms with Crippen LogP contribution >= 0.6 is 0 Å². The van der Waals surface area contributed by atoms with Crippen molar-refractivity contribution in [1.29, 1.82) is 0 Å². The summed E-state index contributed by atoms with van der Waals surface area (Å²) < 4.78 is 0. The number of likely N-dealkylation sites (N-methyl/N-ethyl adjacent to an activating group) is 1. The molecular formula is C15H23N3O2. The van der Waals surface area contributed by atoms with Gasteiger partial charge in [-0.25, -0.2) is 0 Å². The van der Waals surface area contributed by atoms with Gasteiger partial charge < -0.3 is 21.1 Å². The summed E-state index contributed by atoms with van der Waals surface area (Å²) in [6.45, 7) is 0.629. The number of nitrogens with zero attached hydrogens (tertiary/aromatic N) is 1. The number of nitrogens with one attached hydrogen (secondary N) is 1. The van der Waals surface area contributed by atoms with Crippen LogP contribution in [0.3, 0.4) is 0 Å². The van der Waals surface area contributed by atoms with E-state index in [2.05, 4.69) is 24.3 Å². The molecule has 1 aromatic carbocycles. The summed E-state index contributed by atoms with van der Waals surface area (Å²) in [5.74, 6) is -0.228. The number of benzene rings is 1. The average molecular weight is 277 g/mol. The summed E-state index contributed by atoms with van der Waals surface area (Å²) >= 11 is 0. The molecule has 20 heavy (non-hydrogen) atoms. The third kappa shape index (κ3) is 2.88. The minimum absolute atomic E-state index is 0.0548. The van der Waals surface area contributed by atoms with Crippen LogP contribution in [0.4, 0.5) is 5.69 Å². The molecule has 2 rings (SSSR count). The summed E-state index contributed by atoms with van der Waals surface area (Å²) in [7, 11) is 4.12. The number of nitrogens with two attached hydrogens (primary N) is 1. The van der Waals surface area contributed by atoms with Crippen LogP contribution in [-0.4, -0.2) is 42.1 Å². The predicted molar refractivity (Wildman–Crippen MR) is 79.7 cm³/mol. The number of carbonyl (C=O) groups excluding carboxylic acids is 1. The predicted octanol–water partition coefficient (Wildman–Crippen LogP) is 1.58. The molecular weight excluding hydrogens is 254 g/mol. The zero-order valence-electron chi connectivity index (χ0n) is 12.1. The molecule has 1 aromatic rings. The Kier molecular flexibility index (Phi) is 4.18. The van der Waals surface area contributed by atoms with Gasteiger partial charge in [0.2, 0.25) is 0 Å². The molecule has 110 valence electrons. The number of anilines is 1. The Balaban J connectivity index is 2.02. The van der Waals surface area contributed by atoms with Gasteiger partial charge in [0.15, 0.2) is 0 Å². The van der Waals surface area contributed by atoms with Crippen LogP contribution in [0.1, 0.15) is 36.0 Å². The normalized spacial score (nSPS) is 17.4. The molecule has 0 spiro atoms. The molecule has 0 heterocycles. The summed E-state index contributed by atoms with van der Waals surface area (Å²) in [6, 6.07) is 4.57. The van der Waals surface area contributed by atoms with Crippen molar-refractivity contribution >= 4 is 11.6 Å². The molecule has 0 atom stereocenters. The first-order chi connectivity index (χ1) is 9.44. The van der Waals surface area contributed by atoms with Crippen LogP contribution < -0.4 is 11.1 Å². The molecule has 1 saturated carbocycles. The van der Waals surface area contributed by atoms with Gasteiger partial charge in [0.05, 0.1) is 5.69 Å². The Morgan fingerprint density at radius 3 is 2.60 bits per heavy atom. The summed E-state index contributed by atoms with van der Waals surface area (Å²) in [4.78, 5) is 14.4. The zero-order valence-corrected chi connectivity index (χ0v) is 12.1. The van der Waals surface area contributed by atoms with Crippen LogP contribution in [0, 0.1) is 0 Å². The maximum absolute atomic E-state index is 12.1. The highest BCUT2D eigenvalue weighted by molar-refractivity contribution is 5.95.